The zero-order valence-corrected chi connectivity index (χ0v) is 9.84. The number of aromatic nitrogens is 2. The van der Waals surface area contributed by atoms with E-state index in [0.29, 0.717) is 11.8 Å². The minimum absolute atomic E-state index is 0.520. The first-order valence-corrected chi connectivity index (χ1v) is 5.48. The van der Waals surface area contributed by atoms with E-state index >= 15 is 0 Å². The number of halogens is 1. The van der Waals surface area contributed by atoms with E-state index in [1.165, 1.54) is 6.33 Å². The van der Waals surface area contributed by atoms with E-state index in [-0.39, 0.29) is 0 Å². The molecule has 0 unspecified atom stereocenters. The van der Waals surface area contributed by atoms with Gasteiger partial charge in [-0.1, -0.05) is 18.5 Å². The lowest BCUT2D eigenvalue weighted by Crippen LogP contribution is -2.12. The second-order valence-electron chi connectivity index (χ2n) is 2.97. The molecule has 1 heterocycles. The van der Waals surface area contributed by atoms with Crippen LogP contribution in [0.15, 0.2) is 6.33 Å². The Kier molecular flexibility index (Phi) is 5.36. The van der Waals surface area contributed by atoms with Crippen molar-refractivity contribution in [1.82, 2.24) is 9.97 Å². The first-order valence-electron chi connectivity index (χ1n) is 5.10. The largest absolute Gasteiger partial charge is 0.380 e. The topological polar surface area (TPSA) is 47.0 Å². The Hall–Kier alpha value is -0.870. The monoisotopic (exact) mass is 229 g/mol. The highest BCUT2D eigenvalue weighted by Gasteiger charge is 2.06. The summed E-state index contributed by atoms with van der Waals surface area (Å²) < 4.78 is 5.22. The molecule has 4 nitrogen and oxygen atoms in total. The third-order valence-corrected chi connectivity index (χ3v) is 2.32. The van der Waals surface area contributed by atoms with Crippen LogP contribution in [0.3, 0.4) is 0 Å². The fourth-order valence-electron chi connectivity index (χ4n) is 1.24. The Morgan fingerprint density at radius 1 is 1.40 bits per heavy atom. The first kappa shape index (κ1) is 12.2. The van der Waals surface area contributed by atoms with Crippen LogP contribution in [-0.2, 0) is 11.2 Å². The average molecular weight is 230 g/mol. The molecule has 1 aromatic heterocycles. The summed E-state index contributed by atoms with van der Waals surface area (Å²) in [6.45, 7) is 6.12. The number of hydrogen-bond donors (Lipinski definition) is 1. The zero-order chi connectivity index (χ0) is 11.1. The van der Waals surface area contributed by atoms with Crippen LogP contribution in [0.4, 0.5) is 5.82 Å². The van der Waals surface area contributed by atoms with Gasteiger partial charge in [0.2, 0.25) is 0 Å². The van der Waals surface area contributed by atoms with Gasteiger partial charge in [-0.15, -0.1) is 0 Å². The van der Waals surface area contributed by atoms with Crippen LogP contribution in [0.2, 0.25) is 5.15 Å². The Morgan fingerprint density at radius 3 is 2.87 bits per heavy atom. The van der Waals surface area contributed by atoms with Gasteiger partial charge in [0.05, 0.1) is 6.61 Å². The van der Waals surface area contributed by atoms with E-state index in [1.807, 2.05) is 13.8 Å². The summed E-state index contributed by atoms with van der Waals surface area (Å²) in [7, 11) is 0. The Morgan fingerprint density at radius 2 is 2.20 bits per heavy atom. The number of anilines is 1. The molecule has 1 N–H and O–H groups in total. The minimum atomic E-state index is 0.520. The van der Waals surface area contributed by atoms with Crippen molar-refractivity contribution in [3.8, 4) is 0 Å². The molecule has 0 aliphatic carbocycles. The van der Waals surface area contributed by atoms with Gasteiger partial charge in [-0.3, -0.25) is 0 Å². The van der Waals surface area contributed by atoms with Crippen molar-refractivity contribution in [1.29, 1.82) is 0 Å². The molecule has 0 saturated heterocycles. The number of rotatable bonds is 6. The summed E-state index contributed by atoms with van der Waals surface area (Å²) in [6, 6.07) is 0. The van der Waals surface area contributed by atoms with E-state index in [9.17, 15) is 0 Å². The Bertz CT molecular complexity index is 307. The maximum absolute atomic E-state index is 5.95. The molecule has 0 aliphatic rings. The van der Waals surface area contributed by atoms with E-state index < -0.39 is 0 Å². The average Bonchev–Trinajstić information content (AvgIpc) is 2.24. The third kappa shape index (κ3) is 3.64. The molecular formula is C10H16ClN3O. The first-order chi connectivity index (χ1) is 7.29. The van der Waals surface area contributed by atoms with Crippen molar-refractivity contribution in [2.24, 2.45) is 0 Å². The molecule has 15 heavy (non-hydrogen) atoms. The van der Waals surface area contributed by atoms with E-state index in [0.717, 1.165) is 31.0 Å². The highest BCUT2D eigenvalue weighted by molar-refractivity contribution is 6.30. The summed E-state index contributed by atoms with van der Waals surface area (Å²) in [5.41, 5.74) is 0.954. The fraction of sp³-hybridized carbons (Fsp3) is 0.600. The van der Waals surface area contributed by atoms with Crippen LogP contribution in [0.25, 0.3) is 0 Å². The Balaban J connectivity index is 2.56. The molecule has 1 aromatic rings. The Labute approximate surface area is 95.0 Å². The van der Waals surface area contributed by atoms with Gasteiger partial charge in [0.25, 0.3) is 0 Å². The molecule has 0 bridgehead atoms. The van der Waals surface area contributed by atoms with Crippen molar-refractivity contribution >= 4 is 17.4 Å². The number of ether oxygens (including phenoxy) is 1. The molecule has 84 valence electrons. The zero-order valence-electron chi connectivity index (χ0n) is 9.09. The lowest BCUT2D eigenvalue weighted by Gasteiger charge is -2.09. The predicted octanol–water partition coefficient (Wildman–Crippen LogP) is 2.14. The molecule has 0 radical (unpaired) electrons. The van der Waals surface area contributed by atoms with Crippen LogP contribution < -0.4 is 5.32 Å². The normalized spacial score (nSPS) is 10.3. The maximum atomic E-state index is 5.95. The second-order valence-corrected chi connectivity index (χ2v) is 3.33. The molecule has 0 aliphatic heterocycles. The van der Waals surface area contributed by atoms with Crippen molar-refractivity contribution in [3.05, 3.63) is 17.0 Å². The van der Waals surface area contributed by atoms with Crippen LogP contribution >= 0.6 is 11.6 Å². The van der Waals surface area contributed by atoms with Gasteiger partial charge in [0.1, 0.15) is 17.3 Å². The SMILES string of the molecule is CCOCCNc1ncnc(Cl)c1CC. The molecule has 1 rings (SSSR count). The van der Waals surface area contributed by atoms with E-state index in [1.54, 1.807) is 0 Å². The summed E-state index contributed by atoms with van der Waals surface area (Å²) >= 11 is 5.95. The lowest BCUT2D eigenvalue weighted by atomic mass is 10.2. The fourth-order valence-corrected chi connectivity index (χ4v) is 1.51. The van der Waals surface area contributed by atoms with Gasteiger partial charge >= 0.3 is 0 Å². The highest BCUT2D eigenvalue weighted by Crippen LogP contribution is 2.19. The van der Waals surface area contributed by atoms with Crippen molar-refractivity contribution < 1.29 is 4.74 Å². The van der Waals surface area contributed by atoms with E-state index in [2.05, 4.69) is 15.3 Å². The predicted molar refractivity (Wildman–Crippen MR) is 61.4 cm³/mol. The molecule has 0 spiro atoms. The van der Waals surface area contributed by atoms with Crippen molar-refractivity contribution in [2.45, 2.75) is 20.3 Å². The smallest absolute Gasteiger partial charge is 0.137 e. The summed E-state index contributed by atoms with van der Waals surface area (Å²) in [6.07, 6.45) is 2.28. The molecule has 0 amide bonds. The molecule has 5 heteroatoms. The highest BCUT2D eigenvalue weighted by atomic mass is 35.5. The van der Waals surface area contributed by atoms with Gasteiger partial charge in [0, 0.05) is 18.7 Å². The molecule has 0 atom stereocenters. The number of nitrogens with one attached hydrogen (secondary N) is 1. The minimum Gasteiger partial charge on any atom is -0.380 e. The van der Waals surface area contributed by atoms with Gasteiger partial charge in [0.15, 0.2) is 0 Å². The van der Waals surface area contributed by atoms with E-state index in [4.69, 9.17) is 16.3 Å². The summed E-state index contributed by atoms with van der Waals surface area (Å²) in [4.78, 5) is 8.08. The van der Waals surface area contributed by atoms with Gasteiger partial charge < -0.3 is 10.1 Å². The van der Waals surface area contributed by atoms with Crippen molar-refractivity contribution in [3.63, 3.8) is 0 Å². The van der Waals surface area contributed by atoms with Gasteiger partial charge in [-0.05, 0) is 13.3 Å². The maximum Gasteiger partial charge on any atom is 0.137 e. The van der Waals surface area contributed by atoms with Crippen LogP contribution in [-0.4, -0.2) is 29.7 Å². The molecule has 0 fully saturated rings. The van der Waals surface area contributed by atoms with Gasteiger partial charge in [-0.25, -0.2) is 9.97 Å². The molecule has 0 saturated carbocycles. The number of nitrogens with zero attached hydrogens (tertiary/aromatic N) is 2. The van der Waals surface area contributed by atoms with Crippen LogP contribution in [0, 0.1) is 0 Å². The lowest BCUT2D eigenvalue weighted by molar-refractivity contribution is 0.158. The van der Waals surface area contributed by atoms with Crippen LogP contribution in [0.5, 0.6) is 0 Å². The summed E-state index contributed by atoms with van der Waals surface area (Å²) in [5.74, 6) is 0.803. The quantitative estimate of drug-likeness (QED) is 0.600. The van der Waals surface area contributed by atoms with Crippen molar-refractivity contribution in [2.75, 3.05) is 25.1 Å². The second kappa shape index (κ2) is 6.58. The van der Waals surface area contributed by atoms with Gasteiger partial charge in [-0.2, -0.15) is 0 Å². The standard InChI is InChI=1S/C10H16ClN3O/c1-3-8-9(11)13-7-14-10(8)12-5-6-15-4-2/h7H,3-6H2,1-2H3,(H,12,13,14). The molecular weight excluding hydrogens is 214 g/mol. The molecule has 0 aromatic carbocycles. The van der Waals surface area contributed by atoms with Crippen LogP contribution in [0.1, 0.15) is 19.4 Å². The third-order valence-electron chi connectivity index (χ3n) is 1.99. The summed E-state index contributed by atoms with van der Waals surface area (Å²) in [5, 5.41) is 3.70. The number of hydrogen-bond acceptors (Lipinski definition) is 4.